The maximum atomic E-state index is 3.33. The Hall–Kier alpha value is -1.28. The van der Waals surface area contributed by atoms with Crippen LogP contribution in [0.1, 0.15) is 27.8 Å². The molecule has 1 aromatic rings. The molecule has 2 rings (SSSR count). The molecule has 0 saturated heterocycles. The Morgan fingerprint density at radius 3 is 2.47 bits per heavy atom. The van der Waals surface area contributed by atoms with Crippen molar-refractivity contribution in [1.29, 1.82) is 0 Å². The van der Waals surface area contributed by atoms with Gasteiger partial charge in [-0.25, -0.2) is 5.43 Å². The topological polar surface area (TPSA) is 24.1 Å². The molecule has 0 aromatic heterocycles. The van der Waals surface area contributed by atoms with E-state index in [1.54, 1.807) is 0 Å². The maximum absolute atomic E-state index is 3.33. The highest BCUT2D eigenvalue weighted by Gasteiger charge is 2.26. The third-order valence-electron chi connectivity index (χ3n) is 2.88. The van der Waals surface area contributed by atoms with E-state index in [0.717, 1.165) is 0 Å². The molecule has 2 N–H and O–H groups in total. The van der Waals surface area contributed by atoms with Gasteiger partial charge in [-0.3, -0.25) is 0 Å². The molecule has 0 saturated carbocycles. The molecule has 2 heteroatoms. The van der Waals surface area contributed by atoms with E-state index in [-0.39, 0.29) is 1.43 Å². The lowest BCUT2D eigenvalue weighted by Crippen LogP contribution is -2.35. The number of benzene rings is 1. The zero-order valence-corrected chi connectivity index (χ0v) is 9.54. The van der Waals surface area contributed by atoms with Crippen LogP contribution in [0, 0.1) is 5.92 Å². The Kier molecular flexibility index (Phi) is 2.78. The van der Waals surface area contributed by atoms with Crippen LogP contribution in [0.25, 0.3) is 5.57 Å². The van der Waals surface area contributed by atoms with Gasteiger partial charge >= 0.3 is 0 Å². The van der Waals surface area contributed by atoms with Gasteiger partial charge < -0.3 is 5.43 Å². The molecule has 0 bridgehead atoms. The molecule has 0 aliphatic carbocycles. The molecule has 2 nitrogen and oxygen atoms in total. The van der Waals surface area contributed by atoms with Crippen LogP contribution in [-0.2, 0) is 0 Å². The zero-order chi connectivity index (χ0) is 10.8. The molecule has 0 spiro atoms. The Morgan fingerprint density at radius 1 is 1.20 bits per heavy atom. The normalized spacial score (nSPS) is 20.9. The van der Waals surface area contributed by atoms with Crippen LogP contribution in [0.2, 0.25) is 0 Å². The van der Waals surface area contributed by atoms with Crippen LogP contribution < -0.4 is 10.9 Å². The fourth-order valence-electron chi connectivity index (χ4n) is 2.07. The molecule has 1 aliphatic heterocycles. The minimum atomic E-state index is 0. The van der Waals surface area contributed by atoms with E-state index >= 15 is 0 Å². The van der Waals surface area contributed by atoms with Gasteiger partial charge in [0.2, 0.25) is 0 Å². The van der Waals surface area contributed by atoms with Crippen LogP contribution in [0.5, 0.6) is 0 Å². The average Bonchev–Trinajstić information content (AvgIpc) is 2.61. The number of hydrazine groups is 1. The van der Waals surface area contributed by atoms with Gasteiger partial charge in [-0.05, 0) is 24.0 Å². The van der Waals surface area contributed by atoms with Crippen molar-refractivity contribution >= 4 is 5.57 Å². The standard InChI is InChI=1S/C13H18N2.H2/c1-9(2)13-12(10(3)14-15-13)11-7-5-4-6-8-11;/h4-9,13-15H,1-3H3;1H. The first-order chi connectivity index (χ1) is 7.20. The quantitative estimate of drug-likeness (QED) is 0.774. The second-order valence-electron chi connectivity index (χ2n) is 4.40. The lowest BCUT2D eigenvalue weighted by atomic mass is 9.91. The van der Waals surface area contributed by atoms with Crippen LogP contribution in [-0.4, -0.2) is 6.04 Å². The molecule has 0 radical (unpaired) electrons. The second-order valence-corrected chi connectivity index (χ2v) is 4.40. The molecule has 1 heterocycles. The highest BCUT2D eigenvalue weighted by atomic mass is 15.4. The third kappa shape index (κ3) is 1.90. The Balaban J connectivity index is 0.00000128. The van der Waals surface area contributed by atoms with Gasteiger partial charge in [-0.15, -0.1) is 0 Å². The number of hydrogen-bond donors (Lipinski definition) is 2. The Labute approximate surface area is 92.8 Å². The van der Waals surface area contributed by atoms with Crippen molar-refractivity contribution in [2.24, 2.45) is 5.92 Å². The smallest absolute Gasteiger partial charge is 0.0556 e. The highest BCUT2D eigenvalue weighted by molar-refractivity contribution is 5.73. The predicted molar refractivity (Wildman–Crippen MR) is 66.0 cm³/mol. The number of hydrogen-bond acceptors (Lipinski definition) is 2. The largest absolute Gasteiger partial charge is 0.325 e. The third-order valence-corrected chi connectivity index (χ3v) is 2.88. The Morgan fingerprint density at radius 2 is 1.87 bits per heavy atom. The maximum Gasteiger partial charge on any atom is 0.0556 e. The summed E-state index contributed by atoms with van der Waals surface area (Å²) in [6.45, 7) is 6.60. The van der Waals surface area contributed by atoms with Gasteiger partial charge in [-0.2, -0.15) is 0 Å². The first-order valence-electron chi connectivity index (χ1n) is 5.48. The first kappa shape index (κ1) is 10.2. The summed E-state index contributed by atoms with van der Waals surface area (Å²) in [5.74, 6) is 0.588. The molecular weight excluding hydrogens is 184 g/mol. The van der Waals surface area contributed by atoms with E-state index in [9.17, 15) is 0 Å². The molecule has 1 aromatic carbocycles. The molecule has 1 aliphatic rings. The van der Waals surface area contributed by atoms with Gasteiger partial charge in [0.05, 0.1) is 6.04 Å². The van der Waals surface area contributed by atoms with Crippen molar-refractivity contribution in [1.82, 2.24) is 10.9 Å². The van der Waals surface area contributed by atoms with Gasteiger partial charge in [0, 0.05) is 7.12 Å². The van der Waals surface area contributed by atoms with E-state index in [1.807, 2.05) is 0 Å². The van der Waals surface area contributed by atoms with E-state index in [4.69, 9.17) is 0 Å². The zero-order valence-electron chi connectivity index (χ0n) is 9.54. The lowest BCUT2D eigenvalue weighted by molar-refractivity contribution is 0.467. The van der Waals surface area contributed by atoms with Crippen LogP contribution >= 0.6 is 0 Å². The monoisotopic (exact) mass is 204 g/mol. The lowest BCUT2D eigenvalue weighted by Gasteiger charge is -2.18. The van der Waals surface area contributed by atoms with Crippen LogP contribution in [0.3, 0.4) is 0 Å². The predicted octanol–water partition coefficient (Wildman–Crippen LogP) is 2.80. The van der Waals surface area contributed by atoms with Gasteiger partial charge in [0.25, 0.3) is 0 Å². The van der Waals surface area contributed by atoms with Crippen molar-refractivity contribution in [3.63, 3.8) is 0 Å². The summed E-state index contributed by atoms with van der Waals surface area (Å²) in [5, 5.41) is 0. The molecule has 15 heavy (non-hydrogen) atoms. The van der Waals surface area contributed by atoms with Crippen molar-refractivity contribution in [2.45, 2.75) is 26.8 Å². The highest BCUT2D eigenvalue weighted by Crippen LogP contribution is 2.28. The van der Waals surface area contributed by atoms with Crippen LogP contribution in [0.4, 0.5) is 0 Å². The van der Waals surface area contributed by atoms with E-state index < -0.39 is 0 Å². The van der Waals surface area contributed by atoms with Crippen LogP contribution in [0.15, 0.2) is 36.0 Å². The fourth-order valence-corrected chi connectivity index (χ4v) is 2.07. The summed E-state index contributed by atoms with van der Waals surface area (Å²) < 4.78 is 0. The number of nitrogens with one attached hydrogen (secondary N) is 2. The van der Waals surface area contributed by atoms with Gasteiger partial charge in [0.15, 0.2) is 0 Å². The second kappa shape index (κ2) is 4.07. The van der Waals surface area contributed by atoms with Crippen molar-refractivity contribution in [3.05, 3.63) is 41.6 Å². The SMILES string of the molecule is CC1=C(c2ccccc2)C(C(C)C)NN1.[HH]. The molecule has 0 amide bonds. The molecule has 0 fully saturated rings. The number of rotatable bonds is 2. The fraction of sp³-hybridized carbons (Fsp3) is 0.385. The van der Waals surface area contributed by atoms with Crippen molar-refractivity contribution < 1.29 is 1.43 Å². The summed E-state index contributed by atoms with van der Waals surface area (Å²) in [5.41, 5.74) is 10.5. The summed E-state index contributed by atoms with van der Waals surface area (Å²) in [4.78, 5) is 0. The van der Waals surface area contributed by atoms with Crippen molar-refractivity contribution in [2.75, 3.05) is 0 Å². The van der Waals surface area contributed by atoms with Crippen molar-refractivity contribution in [3.8, 4) is 0 Å². The minimum absolute atomic E-state index is 0. The van der Waals surface area contributed by atoms with Gasteiger partial charge in [0.1, 0.15) is 0 Å². The van der Waals surface area contributed by atoms with E-state index in [1.165, 1.54) is 16.8 Å². The number of allylic oxidation sites excluding steroid dienone is 1. The summed E-state index contributed by atoms with van der Waals surface area (Å²) in [6, 6.07) is 11.0. The summed E-state index contributed by atoms with van der Waals surface area (Å²) in [7, 11) is 0. The van der Waals surface area contributed by atoms with E-state index in [0.29, 0.717) is 12.0 Å². The summed E-state index contributed by atoms with van der Waals surface area (Å²) in [6.07, 6.45) is 0. The minimum Gasteiger partial charge on any atom is -0.325 e. The van der Waals surface area contributed by atoms with E-state index in [2.05, 4.69) is 62.0 Å². The molecular formula is C13H20N2. The molecule has 1 unspecified atom stereocenters. The van der Waals surface area contributed by atoms with Gasteiger partial charge in [-0.1, -0.05) is 44.2 Å². The first-order valence-corrected chi connectivity index (χ1v) is 5.48. The average molecular weight is 204 g/mol. The Bertz CT molecular complexity index is 371. The molecule has 82 valence electrons. The molecule has 1 atom stereocenters. The summed E-state index contributed by atoms with van der Waals surface area (Å²) >= 11 is 0.